The number of hydrogen-bond donors (Lipinski definition) is 3. The molecule has 0 spiro atoms. The van der Waals surface area contributed by atoms with Crippen LogP contribution in [0.4, 0.5) is 0 Å². The van der Waals surface area contributed by atoms with E-state index in [4.69, 9.17) is 23.8 Å². The summed E-state index contributed by atoms with van der Waals surface area (Å²) in [5.41, 5.74) is 0. The summed E-state index contributed by atoms with van der Waals surface area (Å²) in [6.45, 7) is 0. The molecule has 1 atom stereocenters. The van der Waals surface area contributed by atoms with E-state index in [1.165, 1.54) is 9.12 Å². The van der Waals surface area contributed by atoms with Gasteiger partial charge in [0.1, 0.15) is 0 Å². The zero-order valence-electron chi connectivity index (χ0n) is 3.76. The smallest absolute Gasteiger partial charge is 0.303 e. The quantitative estimate of drug-likeness (QED) is 0.481. The van der Waals surface area contributed by atoms with E-state index in [0.29, 0.717) is 0 Å². The molecule has 0 aromatic heterocycles. The first-order valence-corrected chi connectivity index (χ1v) is 3.05. The number of rotatable bonds is 0. The molecule has 47 valence electrons. The molecule has 0 aliphatic heterocycles. The number of phosphoric acid groups is 1. The fourth-order valence-corrected chi connectivity index (χ4v) is 0. The molecule has 3 radical (unpaired) electrons. The number of hydrogen-bond acceptors (Lipinski definition) is 2. The zero-order valence-corrected chi connectivity index (χ0v) is 9.10. The van der Waals surface area contributed by atoms with Gasteiger partial charge in [-0.3, -0.25) is 0 Å². The van der Waals surface area contributed by atoms with Crippen LogP contribution in [0.3, 0.4) is 0 Å². The molecule has 0 fully saturated rings. The Kier molecular flexibility index (Phi) is 16.2. The summed E-state index contributed by atoms with van der Waals surface area (Å²) in [5.74, 6) is 0. The Hall–Kier alpha value is 1.08. The van der Waals surface area contributed by atoms with Crippen LogP contribution >= 0.6 is 16.9 Å². The van der Waals surface area contributed by atoms with E-state index in [0.717, 1.165) is 0 Å². The van der Waals surface area contributed by atoms with Crippen LogP contribution in [-0.2, 0) is 9.13 Å². The zero-order chi connectivity index (χ0) is 6.50. The standard InChI is InChI=1S/In.H3O4P.H2OP/c;1-5(2,3)4;1-2/h;(H3,1,2,3,4);2H2/q;;+1. The minimum absolute atomic E-state index is 0. The molecule has 0 bridgehead atoms. The van der Waals surface area contributed by atoms with Crippen LogP contribution in [0.15, 0.2) is 0 Å². The second kappa shape index (κ2) is 8.08. The van der Waals surface area contributed by atoms with Crippen molar-refractivity contribution in [3.05, 3.63) is 0 Å². The third kappa shape index (κ3) is 224. The average Bonchev–Trinajstić information content (AvgIpc) is 1.36. The molecule has 0 rings (SSSR count). The summed E-state index contributed by atoms with van der Waals surface area (Å²) in [7, 11) is -3.47. The van der Waals surface area contributed by atoms with Gasteiger partial charge in [0, 0.05) is 25.8 Å². The van der Waals surface area contributed by atoms with Gasteiger partial charge in [0.15, 0.2) is 0 Å². The predicted octanol–water partition coefficient (Wildman–Crippen LogP) is -1.10. The summed E-state index contributed by atoms with van der Waals surface area (Å²) in [4.78, 5) is 21.6. The molecule has 0 aromatic carbocycles. The Bertz CT molecular complexity index is 66.2. The summed E-state index contributed by atoms with van der Waals surface area (Å²) >= 11 is 0. The maximum Gasteiger partial charge on any atom is 0.466 e. The van der Waals surface area contributed by atoms with Crippen molar-refractivity contribution in [1.29, 1.82) is 0 Å². The summed E-state index contributed by atoms with van der Waals surface area (Å²) in [5, 5.41) is 0. The Balaban J connectivity index is -0.0000000750. The van der Waals surface area contributed by atoms with E-state index in [1.54, 1.807) is 0 Å². The van der Waals surface area contributed by atoms with E-state index >= 15 is 0 Å². The first kappa shape index (κ1) is 16.0. The van der Waals surface area contributed by atoms with Crippen LogP contribution in [0.5, 0.6) is 0 Å². The van der Waals surface area contributed by atoms with Gasteiger partial charge in [-0.15, -0.1) is 0 Å². The van der Waals surface area contributed by atoms with Gasteiger partial charge < -0.3 is 14.7 Å². The summed E-state index contributed by atoms with van der Waals surface area (Å²) in [6.07, 6.45) is 0. The second-order valence-corrected chi connectivity index (χ2v) is 1.54. The molecular weight excluding hydrogens is 257 g/mol. The van der Waals surface area contributed by atoms with Gasteiger partial charge >= 0.3 is 16.9 Å². The van der Waals surface area contributed by atoms with E-state index in [9.17, 15) is 0 Å². The molecule has 0 aromatic rings. The average molecular weight is 262 g/mol. The normalized spacial score (nSPS) is 7.88. The Morgan fingerprint density at radius 1 is 1.12 bits per heavy atom. The molecule has 1 unspecified atom stereocenters. The van der Waals surface area contributed by atoms with Gasteiger partial charge in [0.2, 0.25) is 0 Å². The van der Waals surface area contributed by atoms with Crippen molar-refractivity contribution >= 4 is 42.8 Å². The maximum atomic E-state index is 8.88. The van der Waals surface area contributed by atoms with Crippen LogP contribution in [0, 0.1) is 0 Å². The summed E-state index contributed by atoms with van der Waals surface area (Å²) in [6, 6.07) is 0. The third-order valence-corrected chi connectivity index (χ3v) is 0. The third-order valence-electron chi connectivity index (χ3n) is 0. The van der Waals surface area contributed by atoms with E-state index < -0.39 is 7.82 Å². The Morgan fingerprint density at radius 2 is 1.12 bits per heavy atom. The molecule has 0 amide bonds. The first-order chi connectivity index (χ1) is 3.00. The predicted molar refractivity (Wildman–Crippen MR) is 30.4 cm³/mol. The molecule has 0 aliphatic rings. The topological polar surface area (TPSA) is 94.8 Å². The Morgan fingerprint density at radius 3 is 1.12 bits per heavy atom. The van der Waals surface area contributed by atoms with E-state index in [-0.39, 0.29) is 25.8 Å². The molecule has 0 aliphatic carbocycles. The van der Waals surface area contributed by atoms with Crippen molar-refractivity contribution in [1.82, 2.24) is 0 Å². The van der Waals surface area contributed by atoms with Crippen molar-refractivity contribution in [2.75, 3.05) is 0 Å². The fourth-order valence-electron chi connectivity index (χ4n) is 0. The first-order valence-electron chi connectivity index (χ1n) is 1.02. The molecule has 0 heterocycles. The van der Waals surface area contributed by atoms with Crippen molar-refractivity contribution in [3.8, 4) is 0 Å². The fraction of sp³-hybridized carbons (Fsp3) is 0. The molecule has 3 N–H and O–H groups in total. The minimum Gasteiger partial charge on any atom is -0.303 e. The van der Waals surface area contributed by atoms with Gasteiger partial charge in [-0.1, -0.05) is 4.57 Å². The van der Waals surface area contributed by atoms with Crippen LogP contribution < -0.4 is 0 Å². The van der Waals surface area contributed by atoms with Crippen LogP contribution in [0.25, 0.3) is 0 Å². The van der Waals surface area contributed by atoms with Gasteiger partial charge in [-0.05, 0) is 0 Å². The van der Waals surface area contributed by atoms with Crippen molar-refractivity contribution < 1.29 is 23.8 Å². The maximum absolute atomic E-state index is 8.88. The van der Waals surface area contributed by atoms with Crippen LogP contribution in [0.2, 0.25) is 0 Å². The van der Waals surface area contributed by atoms with Gasteiger partial charge in [0.25, 0.3) is 0 Å². The largest absolute Gasteiger partial charge is 0.466 e. The van der Waals surface area contributed by atoms with Crippen molar-refractivity contribution in [2.24, 2.45) is 0 Å². The molecule has 0 saturated carbocycles. The van der Waals surface area contributed by atoms with Gasteiger partial charge in [-0.25, -0.2) is 4.57 Å². The van der Waals surface area contributed by atoms with Crippen molar-refractivity contribution in [3.63, 3.8) is 0 Å². The molecule has 0 saturated heterocycles. The van der Waals surface area contributed by atoms with Crippen molar-refractivity contribution in [2.45, 2.75) is 0 Å². The van der Waals surface area contributed by atoms with E-state index in [1.807, 2.05) is 0 Å². The molecule has 8 heteroatoms. The Labute approximate surface area is 66.8 Å². The monoisotopic (exact) mass is 262 g/mol. The minimum atomic E-state index is -4.64. The molecular formula is H5InO5P2+. The second-order valence-electron chi connectivity index (χ2n) is 0.513. The van der Waals surface area contributed by atoms with Crippen LogP contribution in [0.1, 0.15) is 0 Å². The molecule has 8 heavy (non-hydrogen) atoms. The summed E-state index contributed by atoms with van der Waals surface area (Å²) < 4.78 is 17.0. The molecule has 5 nitrogen and oxygen atoms in total. The van der Waals surface area contributed by atoms with Gasteiger partial charge in [0.05, 0.1) is 0 Å². The van der Waals surface area contributed by atoms with Gasteiger partial charge in [-0.2, -0.15) is 0 Å². The van der Waals surface area contributed by atoms with E-state index in [2.05, 4.69) is 0 Å². The SMILES string of the molecule is O=P(O)(O)O.O=[PH2+].[In]. The van der Waals surface area contributed by atoms with Crippen LogP contribution in [-0.4, -0.2) is 40.5 Å².